The average molecular weight is 1020 g/mol. The Bertz CT molecular complexity index is 3270. The van der Waals surface area contributed by atoms with E-state index in [2.05, 4.69) is 4.74 Å². The van der Waals surface area contributed by atoms with E-state index in [9.17, 15) is 60.8 Å². The first kappa shape index (κ1) is 53.6. The second-order valence-electron chi connectivity index (χ2n) is 16.9. The highest BCUT2D eigenvalue weighted by Crippen LogP contribution is 2.47. The van der Waals surface area contributed by atoms with E-state index in [1.54, 1.807) is 115 Å². The first-order valence-corrected chi connectivity index (χ1v) is 23.0. The molecule has 18 heteroatoms. The maximum atomic E-state index is 14.6. The van der Waals surface area contributed by atoms with Gasteiger partial charge in [0.05, 0.1) is 24.3 Å². The van der Waals surface area contributed by atoms with Crippen LogP contribution in [0.1, 0.15) is 73.6 Å². The Hall–Kier alpha value is -8.22. The predicted molar refractivity (Wildman–Crippen MR) is 260 cm³/mol. The fraction of sp³-hybridized carbons (Fsp3) is 0.214. The van der Waals surface area contributed by atoms with Crippen molar-refractivity contribution in [3.8, 4) is 0 Å². The number of carboxylic acid groups (broad SMARTS) is 1. The maximum Gasteiger partial charge on any atom is 0.432 e. The molecule has 2 aromatic heterocycles. The highest BCUT2D eigenvalue weighted by Gasteiger charge is 2.65. The number of fused-ring (bicyclic) bond motifs is 2. The van der Waals surface area contributed by atoms with E-state index >= 15 is 0 Å². The summed E-state index contributed by atoms with van der Waals surface area (Å²) < 4.78 is 104. The Morgan fingerprint density at radius 3 is 1.50 bits per heavy atom. The Morgan fingerprint density at radius 2 is 0.986 bits per heavy atom. The van der Waals surface area contributed by atoms with Crippen LogP contribution in [0, 0.1) is 0 Å². The lowest BCUT2D eigenvalue weighted by atomic mass is 9.88. The van der Waals surface area contributed by atoms with Crippen LogP contribution in [0.2, 0.25) is 0 Å². The van der Waals surface area contributed by atoms with Crippen LogP contribution in [-0.2, 0) is 61.1 Å². The van der Waals surface area contributed by atoms with E-state index in [1.807, 2.05) is 6.07 Å². The number of carbonyl (C=O) groups is 4. The normalized spacial score (nSPS) is 13.3. The molecule has 8 rings (SSSR count). The highest BCUT2D eigenvalue weighted by atomic mass is 19.4. The summed E-state index contributed by atoms with van der Waals surface area (Å²) in [5.41, 5.74) is -6.04. The Morgan fingerprint density at radius 1 is 0.527 bits per heavy atom. The Kier molecular flexibility index (Phi) is 16.1. The van der Waals surface area contributed by atoms with Gasteiger partial charge in [-0.15, -0.1) is 0 Å². The molecular weight excluding hydrogens is 975 g/mol. The zero-order valence-electron chi connectivity index (χ0n) is 39.7. The molecule has 0 aliphatic heterocycles. The van der Waals surface area contributed by atoms with E-state index in [0.29, 0.717) is 5.56 Å². The van der Waals surface area contributed by atoms with Crippen LogP contribution in [0.25, 0.3) is 21.8 Å². The van der Waals surface area contributed by atoms with Gasteiger partial charge in [-0.1, -0.05) is 133 Å². The minimum atomic E-state index is -5.43. The number of aromatic carboxylic acids is 1. The molecule has 2 atom stereocenters. The molecule has 8 aromatic rings. The van der Waals surface area contributed by atoms with Crippen molar-refractivity contribution >= 4 is 45.7 Å². The van der Waals surface area contributed by atoms with Gasteiger partial charge in [0.25, 0.3) is 11.2 Å². The third-order valence-corrected chi connectivity index (χ3v) is 12.1. The van der Waals surface area contributed by atoms with Crippen molar-refractivity contribution < 1.29 is 75.1 Å². The number of carbonyl (C=O) groups excluding carboxylic acids is 3. The summed E-state index contributed by atoms with van der Waals surface area (Å²) >= 11 is 0. The second-order valence-corrected chi connectivity index (χ2v) is 16.9. The number of alkyl halides is 6. The van der Waals surface area contributed by atoms with Gasteiger partial charge in [0, 0.05) is 64.3 Å². The fourth-order valence-electron chi connectivity index (χ4n) is 8.49. The van der Waals surface area contributed by atoms with Crippen LogP contribution in [0.4, 0.5) is 26.3 Å². The Balaban J connectivity index is 0.000000216. The maximum absolute atomic E-state index is 14.6. The number of aliphatic hydroxyl groups is 2. The predicted octanol–water partition coefficient (Wildman–Crippen LogP) is 10.7. The van der Waals surface area contributed by atoms with E-state index in [4.69, 9.17) is 9.47 Å². The summed E-state index contributed by atoms with van der Waals surface area (Å²) in [7, 11) is 0. The standard InChI is InChI=1S/2C28H24F3NO5/c1-2-36-26(34)27(35,28(29,30)31)23-17-32(16-19-9-5-3-6-10-19)24-15-21(13-14-22(23)24)25(33)37-18-20-11-7-4-8-12-20;1-2-37-26(35)27(36,28(29,30)31)24-21-14-13-20(25(33)34)16-22(21)32(17-19-11-7-4-8-12-19)23(24)15-18-9-5-3-6-10-18/h3-15,17,35H,2,16,18H2,1H3;3-14,16,36H,2,15,17H2,1H3,(H,33,34). The van der Waals surface area contributed by atoms with Crippen molar-refractivity contribution in [2.45, 2.75) is 63.5 Å². The lowest BCUT2D eigenvalue weighted by molar-refractivity contribution is -0.268. The van der Waals surface area contributed by atoms with E-state index in [0.717, 1.165) is 29.0 Å². The third-order valence-electron chi connectivity index (χ3n) is 12.1. The molecule has 0 amide bonds. The third kappa shape index (κ3) is 11.1. The quantitative estimate of drug-likeness (QED) is 0.0482. The van der Waals surface area contributed by atoms with Gasteiger partial charge in [0.2, 0.25) is 0 Å². The van der Waals surface area contributed by atoms with Crippen molar-refractivity contribution in [1.82, 2.24) is 9.13 Å². The largest absolute Gasteiger partial charge is 0.478 e. The number of esters is 3. The molecule has 12 nitrogen and oxygen atoms in total. The number of aromatic nitrogens is 2. The van der Waals surface area contributed by atoms with Crippen LogP contribution in [0.3, 0.4) is 0 Å². The van der Waals surface area contributed by atoms with Gasteiger partial charge in [0.15, 0.2) is 0 Å². The molecule has 0 bridgehead atoms. The van der Waals surface area contributed by atoms with Crippen molar-refractivity contribution in [2.75, 3.05) is 13.2 Å². The van der Waals surface area contributed by atoms with Crippen LogP contribution in [-0.4, -0.2) is 73.9 Å². The molecule has 0 aliphatic rings. The molecule has 0 fully saturated rings. The fourth-order valence-corrected chi connectivity index (χ4v) is 8.49. The SMILES string of the molecule is CCOC(=O)C(O)(c1c(Cc2ccccc2)n(Cc2ccccc2)c2cc(C(=O)O)ccc12)C(F)(F)F.CCOC(=O)C(O)(c1cn(Cc2ccccc2)c2cc(C(=O)OCc3ccccc3)ccc12)C(F)(F)F. The zero-order chi connectivity index (χ0) is 53.4. The van der Waals surface area contributed by atoms with Gasteiger partial charge < -0.3 is 38.7 Å². The van der Waals surface area contributed by atoms with Crippen LogP contribution in [0.5, 0.6) is 0 Å². The van der Waals surface area contributed by atoms with Gasteiger partial charge in [-0.25, -0.2) is 19.2 Å². The summed E-state index contributed by atoms with van der Waals surface area (Å²) in [6.07, 6.45) is -9.79. The Labute approximate surface area is 419 Å². The number of hydrogen-bond donors (Lipinski definition) is 3. The molecule has 2 heterocycles. The van der Waals surface area contributed by atoms with Gasteiger partial charge in [-0.05, 0) is 60.4 Å². The molecule has 74 heavy (non-hydrogen) atoms. The zero-order valence-corrected chi connectivity index (χ0v) is 39.7. The number of ether oxygens (including phenoxy) is 3. The average Bonchev–Trinajstić information content (AvgIpc) is 3.89. The molecule has 384 valence electrons. The minimum absolute atomic E-state index is 0.0143. The van der Waals surface area contributed by atoms with Crippen molar-refractivity contribution in [3.63, 3.8) is 0 Å². The smallest absolute Gasteiger partial charge is 0.432 e. The van der Waals surface area contributed by atoms with Crippen LogP contribution in [0.15, 0.2) is 164 Å². The summed E-state index contributed by atoms with van der Waals surface area (Å²) in [6.45, 7) is 2.17. The minimum Gasteiger partial charge on any atom is -0.478 e. The number of rotatable bonds is 16. The van der Waals surface area contributed by atoms with E-state index < -0.39 is 58.6 Å². The second kappa shape index (κ2) is 22.3. The molecule has 3 N–H and O–H groups in total. The van der Waals surface area contributed by atoms with Crippen molar-refractivity contribution in [3.05, 3.63) is 214 Å². The molecule has 0 spiro atoms. The number of carboxylic acids is 1. The molecule has 6 aromatic carbocycles. The summed E-state index contributed by atoms with van der Waals surface area (Å²) in [5, 5.41) is 31.4. The van der Waals surface area contributed by atoms with E-state index in [1.165, 1.54) is 53.3 Å². The van der Waals surface area contributed by atoms with Crippen LogP contribution >= 0.6 is 0 Å². The first-order chi connectivity index (χ1) is 35.2. The summed E-state index contributed by atoms with van der Waals surface area (Å²) in [6, 6.07) is 43.0. The van der Waals surface area contributed by atoms with E-state index in [-0.39, 0.29) is 78.0 Å². The molecule has 0 saturated heterocycles. The topological polar surface area (TPSA) is 167 Å². The number of hydrogen-bond acceptors (Lipinski definition) is 9. The lowest BCUT2D eigenvalue weighted by Crippen LogP contribution is -2.50. The lowest BCUT2D eigenvalue weighted by Gasteiger charge is -2.29. The number of nitrogens with zero attached hydrogens (tertiary/aromatic N) is 2. The van der Waals surface area contributed by atoms with Crippen LogP contribution < -0.4 is 0 Å². The molecule has 2 unspecified atom stereocenters. The monoisotopic (exact) mass is 1020 g/mol. The van der Waals surface area contributed by atoms with Gasteiger partial charge in [-0.3, -0.25) is 0 Å². The van der Waals surface area contributed by atoms with Gasteiger partial charge in [0.1, 0.15) is 6.61 Å². The van der Waals surface area contributed by atoms with Gasteiger partial charge >= 0.3 is 36.2 Å². The molecule has 0 radical (unpaired) electrons. The number of halogens is 6. The highest BCUT2D eigenvalue weighted by molar-refractivity contribution is 6.00. The molecule has 0 saturated carbocycles. The first-order valence-electron chi connectivity index (χ1n) is 23.0. The molecular formula is C56H48F6N2O10. The summed E-state index contributed by atoms with van der Waals surface area (Å²) in [5.74, 6) is -5.61. The van der Waals surface area contributed by atoms with Gasteiger partial charge in [-0.2, -0.15) is 26.3 Å². The van der Waals surface area contributed by atoms with Crippen molar-refractivity contribution in [1.29, 1.82) is 0 Å². The molecule has 0 aliphatic carbocycles. The van der Waals surface area contributed by atoms with Crippen molar-refractivity contribution in [2.24, 2.45) is 0 Å². The summed E-state index contributed by atoms with van der Waals surface area (Å²) in [4.78, 5) is 49.7. The number of benzene rings is 6.